The number of carbonyl (C=O) groups excluding carboxylic acids is 2. The summed E-state index contributed by atoms with van der Waals surface area (Å²) in [5, 5.41) is 6.96. The van der Waals surface area contributed by atoms with Crippen molar-refractivity contribution in [2.75, 3.05) is 16.8 Å². The summed E-state index contributed by atoms with van der Waals surface area (Å²) in [6.45, 7) is 0.700. The third-order valence-corrected chi connectivity index (χ3v) is 5.85. The van der Waals surface area contributed by atoms with E-state index in [1.54, 1.807) is 23.4 Å². The summed E-state index contributed by atoms with van der Waals surface area (Å²) < 4.78 is 0. The van der Waals surface area contributed by atoms with Gasteiger partial charge in [0.25, 0.3) is 0 Å². The lowest BCUT2D eigenvalue weighted by Crippen LogP contribution is -2.23. The van der Waals surface area contributed by atoms with Crippen LogP contribution in [0.5, 0.6) is 0 Å². The number of hydrogen-bond acceptors (Lipinski definition) is 7. The van der Waals surface area contributed by atoms with Gasteiger partial charge in [0.2, 0.25) is 11.8 Å². The second kappa shape index (κ2) is 8.49. The van der Waals surface area contributed by atoms with Gasteiger partial charge in [-0.1, -0.05) is 17.8 Å². The van der Waals surface area contributed by atoms with E-state index in [9.17, 15) is 9.59 Å². The summed E-state index contributed by atoms with van der Waals surface area (Å²) in [5.41, 5.74) is 1.33. The molecule has 4 rings (SSSR count). The Bertz CT molecular complexity index is 993. The number of nitrogens with zero attached hydrogens (tertiary/aromatic N) is 4. The summed E-state index contributed by atoms with van der Waals surface area (Å²) in [6.07, 6.45) is 4.96. The molecule has 0 atom stereocenters. The fraction of sp³-hybridized carbons (Fsp3) is 0.211. The highest BCUT2D eigenvalue weighted by molar-refractivity contribution is 7.99. The van der Waals surface area contributed by atoms with Crippen LogP contribution in [0.2, 0.25) is 0 Å². The highest BCUT2D eigenvalue weighted by atomic mass is 32.2. The van der Waals surface area contributed by atoms with Crippen LogP contribution in [0.4, 0.5) is 10.8 Å². The fourth-order valence-corrected chi connectivity index (χ4v) is 4.42. The number of nitrogens with one attached hydrogen (secondary N) is 1. The van der Waals surface area contributed by atoms with E-state index in [4.69, 9.17) is 0 Å². The van der Waals surface area contributed by atoms with Gasteiger partial charge in [-0.3, -0.25) is 14.5 Å². The van der Waals surface area contributed by atoms with Crippen LogP contribution < -0.4 is 10.2 Å². The summed E-state index contributed by atoms with van der Waals surface area (Å²) in [4.78, 5) is 38.9. The molecule has 2 amide bonds. The number of amides is 2. The standard InChI is InChI=1S/C19H17N5O2S2/c25-15(10-14-12-27-19(23-14)24-9-3-5-18(24)26)22-13-6-8-21-17(11-13)28-16-4-1-2-7-20-16/h1-2,4,6-8,11-12H,3,5,9-10H2,(H,21,22,25). The second-order valence-electron chi connectivity index (χ2n) is 6.15. The highest BCUT2D eigenvalue weighted by Crippen LogP contribution is 2.27. The van der Waals surface area contributed by atoms with Crippen LogP contribution in [0.25, 0.3) is 0 Å². The van der Waals surface area contributed by atoms with E-state index >= 15 is 0 Å². The van der Waals surface area contributed by atoms with Gasteiger partial charge in [0.15, 0.2) is 5.13 Å². The van der Waals surface area contributed by atoms with Crippen molar-refractivity contribution in [1.29, 1.82) is 0 Å². The number of thiazole rings is 1. The van der Waals surface area contributed by atoms with Crippen molar-refractivity contribution in [3.05, 3.63) is 53.8 Å². The van der Waals surface area contributed by atoms with Crippen LogP contribution >= 0.6 is 23.1 Å². The Hall–Kier alpha value is -2.78. The topological polar surface area (TPSA) is 88.1 Å². The molecule has 7 nitrogen and oxygen atoms in total. The first-order chi connectivity index (χ1) is 13.7. The molecule has 0 aliphatic carbocycles. The molecule has 9 heteroatoms. The molecule has 1 saturated heterocycles. The van der Waals surface area contributed by atoms with Gasteiger partial charge in [-0.25, -0.2) is 15.0 Å². The molecule has 1 N–H and O–H groups in total. The van der Waals surface area contributed by atoms with E-state index in [0.29, 0.717) is 29.5 Å². The maximum absolute atomic E-state index is 12.4. The zero-order valence-corrected chi connectivity index (χ0v) is 16.5. The third kappa shape index (κ3) is 4.55. The van der Waals surface area contributed by atoms with E-state index < -0.39 is 0 Å². The largest absolute Gasteiger partial charge is 0.326 e. The molecule has 0 bridgehead atoms. The number of aromatic nitrogens is 3. The monoisotopic (exact) mass is 411 g/mol. The van der Waals surface area contributed by atoms with Crippen molar-refractivity contribution in [2.24, 2.45) is 0 Å². The minimum Gasteiger partial charge on any atom is -0.326 e. The average molecular weight is 412 g/mol. The SMILES string of the molecule is O=C(Cc1csc(N2CCCC2=O)n1)Nc1ccnc(Sc2ccccn2)c1. The van der Waals surface area contributed by atoms with Crippen molar-refractivity contribution in [2.45, 2.75) is 29.3 Å². The summed E-state index contributed by atoms with van der Waals surface area (Å²) in [7, 11) is 0. The van der Waals surface area contributed by atoms with Crippen molar-refractivity contribution in [3.63, 3.8) is 0 Å². The first-order valence-electron chi connectivity index (χ1n) is 8.77. The lowest BCUT2D eigenvalue weighted by atomic mass is 10.3. The lowest BCUT2D eigenvalue weighted by molar-refractivity contribution is -0.117. The summed E-state index contributed by atoms with van der Waals surface area (Å²) >= 11 is 2.83. The number of pyridine rings is 2. The van der Waals surface area contributed by atoms with Crippen molar-refractivity contribution < 1.29 is 9.59 Å². The molecule has 0 aromatic carbocycles. The molecule has 0 unspecified atom stereocenters. The van der Waals surface area contributed by atoms with Crippen LogP contribution in [0.15, 0.2) is 58.2 Å². The van der Waals surface area contributed by atoms with Gasteiger partial charge in [0, 0.05) is 36.4 Å². The maximum atomic E-state index is 12.4. The van der Waals surface area contributed by atoms with Crippen molar-refractivity contribution in [1.82, 2.24) is 15.0 Å². The van der Waals surface area contributed by atoms with E-state index in [0.717, 1.165) is 16.5 Å². The van der Waals surface area contributed by atoms with Crippen LogP contribution in [-0.2, 0) is 16.0 Å². The molecule has 3 aromatic rings. The Morgan fingerprint density at radius 3 is 2.89 bits per heavy atom. The third-order valence-electron chi connectivity index (χ3n) is 4.05. The molecular weight excluding hydrogens is 394 g/mol. The minimum atomic E-state index is -0.162. The molecule has 1 aliphatic rings. The first kappa shape index (κ1) is 18.6. The van der Waals surface area contributed by atoms with E-state index in [1.165, 1.54) is 23.1 Å². The predicted octanol–water partition coefficient (Wildman–Crippen LogP) is 3.39. The predicted molar refractivity (Wildman–Crippen MR) is 109 cm³/mol. The average Bonchev–Trinajstić information content (AvgIpc) is 3.31. The Balaban J connectivity index is 1.37. The van der Waals surface area contributed by atoms with Crippen LogP contribution in [0.3, 0.4) is 0 Å². The maximum Gasteiger partial charge on any atom is 0.230 e. The quantitative estimate of drug-likeness (QED) is 0.669. The highest BCUT2D eigenvalue weighted by Gasteiger charge is 2.24. The smallest absolute Gasteiger partial charge is 0.230 e. The van der Waals surface area contributed by atoms with Gasteiger partial charge in [-0.05, 0) is 30.7 Å². The van der Waals surface area contributed by atoms with Crippen LogP contribution in [0, 0.1) is 0 Å². The number of rotatable bonds is 6. The lowest BCUT2D eigenvalue weighted by Gasteiger charge is -2.10. The first-order valence-corrected chi connectivity index (χ1v) is 10.5. The molecule has 0 saturated carbocycles. The van der Waals surface area contributed by atoms with Gasteiger partial charge < -0.3 is 5.32 Å². The Morgan fingerprint density at radius 2 is 2.11 bits per heavy atom. The van der Waals surface area contributed by atoms with Gasteiger partial charge in [0.05, 0.1) is 12.1 Å². The number of hydrogen-bond donors (Lipinski definition) is 1. The zero-order valence-electron chi connectivity index (χ0n) is 14.9. The minimum absolute atomic E-state index is 0.0973. The van der Waals surface area contributed by atoms with Crippen LogP contribution in [-0.4, -0.2) is 33.3 Å². The molecule has 0 radical (unpaired) electrons. The molecule has 0 spiro atoms. The summed E-state index contributed by atoms with van der Waals surface area (Å²) in [6, 6.07) is 9.24. The number of carbonyl (C=O) groups is 2. The Labute approximate surface area is 170 Å². The number of anilines is 2. The van der Waals surface area contributed by atoms with Gasteiger partial charge in [0.1, 0.15) is 10.1 Å². The fourth-order valence-electron chi connectivity index (χ4n) is 2.78. The molecule has 28 heavy (non-hydrogen) atoms. The second-order valence-corrected chi connectivity index (χ2v) is 8.03. The summed E-state index contributed by atoms with van der Waals surface area (Å²) in [5.74, 6) is -0.0651. The van der Waals surface area contributed by atoms with Crippen molar-refractivity contribution >= 4 is 45.7 Å². The van der Waals surface area contributed by atoms with Gasteiger partial charge >= 0.3 is 0 Å². The Morgan fingerprint density at radius 1 is 1.21 bits per heavy atom. The molecule has 1 aliphatic heterocycles. The normalized spacial score (nSPS) is 13.7. The van der Waals surface area contributed by atoms with Crippen LogP contribution in [0.1, 0.15) is 18.5 Å². The van der Waals surface area contributed by atoms with Crippen molar-refractivity contribution in [3.8, 4) is 0 Å². The molecule has 142 valence electrons. The van der Waals surface area contributed by atoms with Gasteiger partial charge in [-0.2, -0.15) is 0 Å². The van der Waals surface area contributed by atoms with E-state index in [2.05, 4.69) is 20.3 Å². The van der Waals surface area contributed by atoms with E-state index in [-0.39, 0.29) is 18.2 Å². The molecular formula is C19H17N5O2S2. The Kier molecular flexibility index (Phi) is 5.63. The molecule has 3 aromatic heterocycles. The van der Waals surface area contributed by atoms with Gasteiger partial charge in [-0.15, -0.1) is 11.3 Å². The molecule has 1 fully saturated rings. The van der Waals surface area contributed by atoms with E-state index in [1.807, 2.05) is 29.6 Å². The molecule has 4 heterocycles. The zero-order chi connectivity index (χ0) is 19.3.